The molecule has 19 heavy (non-hydrogen) atoms. The third-order valence-corrected chi connectivity index (χ3v) is 3.11. The predicted octanol–water partition coefficient (Wildman–Crippen LogP) is 2.08. The highest BCUT2D eigenvalue weighted by atomic mass is 16.3. The standard InChI is InChI=1S/C16H20N2O/c1-13-7-8-15(10-17-13)11-18-16(12-19)9-14-5-3-2-4-6-14/h2-8,10,16,18-19H,9,11-12H2,1H3/t16-/m1/s1. The molecule has 3 nitrogen and oxygen atoms in total. The lowest BCUT2D eigenvalue weighted by atomic mass is 10.1. The first-order valence-corrected chi connectivity index (χ1v) is 6.57. The van der Waals surface area contributed by atoms with E-state index in [1.54, 1.807) is 0 Å². The van der Waals surface area contributed by atoms with Crippen LogP contribution in [0.25, 0.3) is 0 Å². The molecule has 0 bridgehead atoms. The number of aliphatic hydroxyl groups is 1. The summed E-state index contributed by atoms with van der Waals surface area (Å²) in [4.78, 5) is 4.26. The van der Waals surface area contributed by atoms with Gasteiger partial charge in [-0.1, -0.05) is 36.4 Å². The summed E-state index contributed by atoms with van der Waals surface area (Å²) in [5.74, 6) is 0. The minimum absolute atomic E-state index is 0.0729. The lowest BCUT2D eigenvalue weighted by Gasteiger charge is -2.16. The topological polar surface area (TPSA) is 45.1 Å². The first-order valence-electron chi connectivity index (χ1n) is 6.57. The van der Waals surface area contributed by atoms with Crippen molar-refractivity contribution in [3.63, 3.8) is 0 Å². The quantitative estimate of drug-likeness (QED) is 0.832. The lowest BCUT2D eigenvalue weighted by Crippen LogP contribution is -2.34. The maximum absolute atomic E-state index is 9.43. The molecule has 0 radical (unpaired) electrons. The van der Waals surface area contributed by atoms with E-state index >= 15 is 0 Å². The largest absolute Gasteiger partial charge is 0.395 e. The smallest absolute Gasteiger partial charge is 0.0587 e. The van der Waals surface area contributed by atoms with Crippen LogP contribution in [0.2, 0.25) is 0 Å². The summed E-state index contributed by atoms with van der Waals surface area (Å²) in [6.45, 7) is 2.84. The molecule has 0 saturated carbocycles. The minimum atomic E-state index is 0.0729. The summed E-state index contributed by atoms with van der Waals surface area (Å²) in [6, 6.07) is 14.3. The van der Waals surface area contributed by atoms with Crippen molar-refractivity contribution in [2.24, 2.45) is 0 Å². The molecule has 100 valence electrons. The summed E-state index contributed by atoms with van der Waals surface area (Å²) in [7, 11) is 0. The van der Waals surface area contributed by atoms with Crippen LogP contribution >= 0.6 is 0 Å². The van der Waals surface area contributed by atoms with E-state index in [1.807, 2.05) is 37.4 Å². The molecule has 0 saturated heterocycles. The summed E-state index contributed by atoms with van der Waals surface area (Å²) in [6.07, 6.45) is 2.70. The first kappa shape index (κ1) is 13.7. The van der Waals surface area contributed by atoms with Gasteiger partial charge in [-0.05, 0) is 30.5 Å². The van der Waals surface area contributed by atoms with Crippen LogP contribution in [0.15, 0.2) is 48.7 Å². The number of nitrogens with zero attached hydrogens (tertiary/aromatic N) is 1. The van der Waals surface area contributed by atoms with E-state index in [-0.39, 0.29) is 12.6 Å². The van der Waals surface area contributed by atoms with Gasteiger partial charge in [0.05, 0.1) is 6.61 Å². The van der Waals surface area contributed by atoms with Crippen LogP contribution in [0.3, 0.4) is 0 Å². The van der Waals surface area contributed by atoms with Gasteiger partial charge in [0.2, 0.25) is 0 Å². The number of aryl methyl sites for hydroxylation is 1. The van der Waals surface area contributed by atoms with Gasteiger partial charge in [0.1, 0.15) is 0 Å². The number of benzene rings is 1. The van der Waals surface area contributed by atoms with Crippen molar-refractivity contribution in [1.82, 2.24) is 10.3 Å². The Bertz CT molecular complexity index is 482. The van der Waals surface area contributed by atoms with E-state index in [4.69, 9.17) is 0 Å². The Kier molecular flexibility index (Phi) is 5.07. The molecule has 0 spiro atoms. The molecule has 0 aliphatic heterocycles. The second-order valence-electron chi connectivity index (χ2n) is 4.76. The van der Waals surface area contributed by atoms with E-state index in [1.165, 1.54) is 5.56 Å². The van der Waals surface area contributed by atoms with Crippen LogP contribution in [-0.4, -0.2) is 22.7 Å². The Morgan fingerprint density at radius 1 is 1.11 bits per heavy atom. The monoisotopic (exact) mass is 256 g/mol. The fourth-order valence-electron chi connectivity index (χ4n) is 1.97. The maximum atomic E-state index is 9.43. The number of pyridine rings is 1. The number of aliphatic hydroxyl groups excluding tert-OH is 1. The molecule has 2 N–H and O–H groups in total. The van der Waals surface area contributed by atoms with Gasteiger partial charge in [-0.3, -0.25) is 4.98 Å². The highest BCUT2D eigenvalue weighted by Gasteiger charge is 2.07. The van der Waals surface area contributed by atoms with E-state index in [9.17, 15) is 5.11 Å². The molecule has 0 fully saturated rings. The van der Waals surface area contributed by atoms with Crippen molar-refractivity contribution < 1.29 is 5.11 Å². The number of aromatic nitrogens is 1. The fourth-order valence-corrected chi connectivity index (χ4v) is 1.97. The molecule has 0 aliphatic carbocycles. The van der Waals surface area contributed by atoms with E-state index < -0.39 is 0 Å². The second kappa shape index (κ2) is 7.02. The van der Waals surface area contributed by atoms with Crippen LogP contribution in [0.4, 0.5) is 0 Å². The number of rotatable bonds is 6. The molecule has 0 unspecified atom stereocenters. The Morgan fingerprint density at radius 3 is 2.53 bits per heavy atom. The van der Waals surface area contributed by atoms with Gasteiger partial charge >= 0.3 is 0 Å². The molecule has 2 rings (SSSR count). The molecule has 3 heteroatoms. The Labute approximate surface area is 114 Å². The Morgan fingerprint density at radius 2 is 1.89 bits per heavy atom. The van der Waals surface area contributed by atoms with Crippen LogP contribution in [-0.2, 0) is 13.0 Å². The van der Waals surface area contributed by atoms with E-state index in [0.717, 1.165) is 24.2 Å². The molecule has 0 amide bonds. The first-order chi connectivity index (χ1) is 9.28. The van der Waals surface area contributed by atoms with Crippen molar-refractivity contribution in [3.8, 4) is 0 Å². The van der Waals surface area contributed by atoms with Crippen molar-refractivity contribution in [2.75, 3.05) is 6.61 Å². The van der Waals surface area contributed by atoms with Crippen LogP contribution in [0.5, 0.6) is 0 Å². The van der Waals surface area contributed by atoms with Gasteiger partial charge in [-0.25, -0.2) is 0 Å². The molecule has 1 heterocycles. The summed E-state index contributed by atoms with van der Waals surface area (Å²) < 4.78 is 0. The lowest BCUT2D eigenvalue weighted by molar-refractivity contribution is 0.241. The van der Waals surface area contributed by atoms with E-state index in [2.05, 4.69) is 28.5 Å². The van der Waals surface area contributed by atoms with E-state index in [0.29, 0.717) is 0 Å². The molecule has 1 aromatic carbocycles. The van der Waals surface area contributed by atoms with Gasteiger partial charge < -0.3 is 10.4 Å². The molecular weight excluding hydrogens is 236 g/mol. The van der Waals surface area contributed by atoms with Gasteiger partial charge in [-0.2, -0.15) is 0 Å². The number of hydrogen-bond donors (Lipinski definition) is 2. The summed E-state index contributed by atoms with van der Waals surface area (Å²) >= 11 is 0. The highest BCUT2D eigenvalue weighted by molar-refractivity contribution is 5.16. The van der Waals surface area contributed by atoms with Crippen molar-refractivity contribution in [3.05, 3.63) is 65.5 Å². The van der Waals surface area contributed by atoms with Crippen LogP contribution in [0, 0.1) is 6.92 Å². The average Bonchev–Trinajstić information content (AvgIpc) is 2.46. The molecule has 1 aromatic heterocycles. The van der Waals surface area contributed by atoms with Crippen molar-refractivity contribution >= 4 is 0 Å². The van der Waals surface area contributed by atoms with Gasteiger partial charge in [0.15, 0.2) is 0 Å². The van der Waals surface area contributed by atoms with Crippen LogP contribution < -0.4 is 5.32 Å². The van der Waals surface area contributed by atoms with Gasteiger partial charge in [0, 0.05) is 24.5 Å². The van der Waals surface area contributed by atoms with Crippen molar-refractivity contribution in [1.29, 1.82) is 0 Å². The Balaban J connectivity index is 1.87. The number of nitrogens with one attached hydrogen (secondary N) is 1. The van der Waals surface area contributed by atoms with Crippen molar-refractivity contribution in [2.45, 2.75) is 25.9 Å². The molecule has 2 aromatic rings. The molecular formula is C16H20N2O. The average molecular weight is 256 g/mol. The zero-order valence-corrected chi connectivity index (χ0v) is 11.2. The maximum Gasteiger partial charge on any atom is 0.0587 e. The van der Waals surface area contributed by atoms with Gasteiger partial charge in [0.25, 0.3) is 0 Å². The molecule has 0 aliphatic rings. The number of hydrogen-bond acceptors (Lipinski definition) is 3. The van der Waals surface area contributed by atoms with Crippen LogP contribution in [0.1, 0.15) is 16.8 Å². The predicted molar refractivity (Wildman–Crippen MR) is 76.8 cm³/mol. The Hall–Kier alpha value is -1.71. The second-order valence-corrected chi connectivity index (χ2v) is 4.76. The normalized spacial score (nSPS) is 12.3. The third kappa shape index (κ3) is 4.47. The SMILES string of the molecule is Cc1ccc(CN[C@@H](CO)Cc2ccccc2)cn1. The zero-order valence-electron chi connectivity index (χ0n) is 11.2. The fraction of sp³-hybridized carbons (Fsp3) is 0.312. The molecule has 1 atom stereocenters. The summed E-state index contributed by atoms with van der Waals surface area (Å²) in [5.41, 5.74) is 3.39. The minimum Gasteiger partial charge on any atom is -0.395 e. The van der Waals surface area contributed by atoms with Gasteiger partial charge in [-0.15, -0.1) is 0 Å². The highest BCUT2D eigenvalue weighted by Crippen LogP contribution is 2.04. The zero-order chi connectivity index (χ0) is 13.5. The third-order valence-electron chi connectivity index (χ3n) is 3.11. The summed E-state index contributed by atoms with van der Waals surface area (Å²) in [5, 5.41) is 12.8.